The molecule has 2 aromatic rings. The lowest BCUT2D eigenvalue weighted by molar-refractivity contribution is -0.114. The summed E-state index contributed by atoms with van der Waals surface area (Å²) in [5.41, 5.74) is 1.55. The Morgan fingerprint density at radius 3 is 2.54 bits per heavy atom. The van der Waals surface area contributed by atoms with E-state index in [4.69, 9.17) is 16.3 Å². The van der Waals surface area contributed by atoms with E-state index in [0.717, 1.165) is 17.9 Å². The smallest absolute Gasteiger partial charge is 0.243 e. The highest BCUT2D eigenvalue weighted by Gasteiger charge is 2.03. The zero-order valence-corrected chi connectivity index (χ0v) is 14.8. The van der Waals surface area contributed by atoms with Gasteiger partial charge in [0.1, 0.15) is 5.75 Å². The fourth-order valence-electron chi connectivity index (χ4n) is 2.04. The molecule has 128 valence electrons. The van der Waals surface area contributed by atoms with Gasteiger partial charge < -0.3 is 15.4 Å². The summed E-state index contributed by atoms with van der Waals surface area (Å²) < 4.78 is 5.67. The van der Waals surface area contributed by atoms with Gasteiger partial charge in [0.25, 0.3) is 0 Å². The predicted molar refractivity (Wildman–Crippen MR) is 100.0 cm³/mol. The third kappa shape index (κ3) is 6.50. The van der Waals surface area contributed by atoms with E-state index >= 15 is 0 Å². The first-order valence-corrected chi connectivity index (χ1v) is 8.43. The van der Waals surface area contributed by atoms with Crippen molar-refractivity contribution in [3.63, 3.8) is 0 Å². The number of halogens is 1. The van der Waals surface area contributed by atoms with Gasteiger partial charge in [-0.05, 0) is 54.8 Å². The highest BCUT2D eigenvalue weighted by Crippen LogP contribution is 2.17. The molecule has 0 aromatic heterocycles. The summed E-state index contributed by atoms with van der Waals surface area (Å²) in [6.07, 6.45) is 1.03. The molecular formula is C19H23ClN2O2. The molecular weight excluding hydrogens is 324 g/mol. The van der Waals surface area contributed by atoms with Gasteiger partial charge in [-0.25, -0.2) is 0 Å². The molecule has 0 saturated carbocycles. The van der Waals surface area contributed by atoms with Crippen LogP contribution >= 0.6 is 11.6 Å². The molecule has 2 N–H and O–H groups in total. The van der Waals surface area contributed by atoms with Crippen LogP contribution in [0.3, 0.4) is 0 Å². The second-order valence-electron chi connectivity index (χ2n) is 5.97. The molecule has 2 rings (SSSR count). The second kappa shape index (κ2) is 9.18. The van der Waals surface area contributed by atoms with Crippen molar-refractivity contribution in [1.29, 1.82) is 0 Å². The predicted octanol–water partition coefficient (Wildman–Crippen LogP) is 4.82. The highest BCUT2D eigenvalue weighted by atomic mass is 35.5. The maximum atomic E-state index is 11.9. The van der Waals surface area contributed by atoms with Crippen LogP contribution in [0.2, 0.25) is 5.02 Å². The SMILES string of the molecule is CC(C)CCOc1ccc(NCC(=O)Nc2cccc(Cl)c2)cc1. The van der Waals surface area contributed by atoms with E-state index in [0.29, 0.717) is 23.2 Å². The first-order chi connectivity index (χ1) is 11.5. The maximum Gasteiger partial charge on any atom is 0.243 e. The largest absolute Gasteiger partial charge is 0.494 e. The molecule has 0 heterocycles. The van der Waals surface area contributed by atoms with Crippen molar-refractivity contribution in [3.8, 4) is 5.75 Å². The summed E-state index contributed by atoms with van der Waals surface area (Å²) in [5.74, 6) is 1.34. The molecule has 1 amide bonds. The summed E-state index contributed by atoms with van der Waals surface area (Å²) in [4.78, 5) is 11.9. The number of benzene rings is 2. The monoisotopic (exact) mass is 346 g/mol. The summed E-state index contributed by atoms with van der Waals surface area (Å²) >= 11 is 5.89. The van der Waals surface area contributed by atoms with Crippen molar-refractivity contribution >= 4 is 28.9 Å². The Balaban J connectivity index is 1.76. The first kappa shape index (κ1) is 18.1. The van der Waals surface area contributed by atoms with E-state index in [1.165, 1.54) is 0 Å². The normalized spacial score (nSPS) is 10.5. The minimum atomic E-state index is -0.130. The quantitative estimate of drug-likeness (QED) is 0.720. The van der Waals surface area contributed by atoms with Crippen molar-refractivity contribution in [3.05, 3.63) is 53.6 Å². The standard InChI is InChI=1S/C19H23ClN2O2/c1-14(2)10-11-24-18-8-6-16(7-9-18)21-13-19(23)22-17-5-3-4-15(20)12-17/h3-9,12,14,21H,10-11,13H2,1-2H3,(H,22,23). The number of anilines is 2. The minimum absolute atomic E-state index is 0.130. The van der Waals surface area contributed by atoms with Crippen molar-refractivity contribution in [2.45, 2.75) is 20.3 Å². The molecule has 0 fully saturated rings. The average molecular weight is 347 g/mol. The maximum absolute atomic E-state index is 11.9. The number of rotatable bonds is 8. The van der Waals surface area contributed by atoms with Crippen LogP contribution in [0.4, 0.5) is 11.4 Å². The topological polar surface area (TPSA) is 50.4 Å². The van der Waals surface area contributed by atoms with Gasteiger partial charge >= 0.3 is 0 Å². The van der Waals surface area contributed by atoms with Gasteiger partial charge in [-0.15, -0.1) is 0 Å². The second-order valence-corrected chi connectivity index (χ2v) is 6.40. The zero-order valence-electron chi connectivity index (χ0n) is 14.0. The summed E-state index contributed by atoms with van der Waals surface area (Å²) in [6.45, 7) is 5.24. The number of hydrogen-bond acceptors (Lipinski definition) is 3. The lowest BCUT2D eigenvalue weighted by Gasteiger charge is -2.10. The summed E-state index contributed by atoms with van der Waals surface area (Å²) in [6, 6.07) is 14.7. The molecule has 0 aliphatic carbocycles. The van der Waals surface area contributed by atoms with Gasteiger partial charge in [-0.2, -0.15) is 0 Å². The van der Waals surface area contributed by atoms with Crippen LogP contribution in [-0.2, 0) is 4.79 Å². The third-order valence-corrected chi connectivity index (χ3v) is 3.61. The molecule has 0 radical (unpaired) electrons. The Kier molecular flexibility index (Phi) is 6.94. The minimum Gasteiger partial charge on any atom is -0.494 e. The first-order valence-electron chi connectivity index (χ1n) is 8.05. The summed E-state index contributed by atoms with van der Waals surface area (Å²) in [7, 11) is 0. The summed E-state index contributed by atoms with van der Waals surface area (Å²) in [5, 5.41) is 6.46. The van der Waals surface area contributed by atoms with Crippen LogP contribution in [0, 0.1) is 5.92 Å². The fourth-order valence-corrected chi connectivity index (χ4v) is 2.23. The van der Waals surface area contributed by atoms with Crippen LogP contribution in [-0.4, -0.2) is 19.1 Å². The molecule has 0 aliphatic rings. The number of amides is 1. The molecule has 2 aromatic carbocycles. The van der Waals surface area contributed by atoms with Gasteiger partial charge in [-0.3, -0.25) is 4.79 Å². The van der Waals surface area contributed by atoms with Gasteiger partial charge in [0.15, 0.2) is 0 Å². The Morgan fingerprint density at radius 2 is 1.88 bits per heavy atom. The zero-order chi connectivity index (χ0) is 17.4. The van der Waals surface area contributed by atoms with E-state index < -0.39 is 0 Å². The van der Waals surface area contributed by atoms with E-state index in [-0.39, 0.29) is 12.5 Å². The highest BCUT2D eigenvalue weighted by molar-refractivity contribution is 6.30. The molecule has 24 heavy (non-hydrogen) atoms. The van der Waals surface area contributed by atoms with Gasteiger partial charge in [0.2, 0.25) is 5.91 Å². The van der Waals surface area contributed by atoms with E-state index in [9.17, 15) is 4.79 Å². The average Bonchev–Trinajstić information content (AvgIpc) is 2.54. The van der Waals surface area contributed by atoms with Gasteiger partial charge in [0.05, 0.1) is 13.2 Å². The van der Waals surface area contributed by atoms with E-state index in [1.54, 1.807) is 24.3 Å². The molecule has 0 unspecified atom stereocenters. The van der Waals surface area contributed by atoms with Crippen molar-refractivity contribution in [1.82, 2.24) is 0 Å². The fraction of sp³-hybridized carbons (Fsp3) is 0.316. The van der Waals surface area contributed by atoms with Crippen molar-refractivity contribution < 1.29 is 9.53 Å². The van der Waals surface area contributed by atoms with E-state index in [1.807, 2.05) is 24.3 Å². The molecule has 5 heteroatoms. The van der Waals surface area contributed by atoms with Gasteiger partial charge in [-0.1, -0.05) is 31.5 Å². The van der Waals surface area contributed by atoms with Crippen LogP contribution in [0.1, 0.15) is 20.3 Å². The Labute approximate surface area is 148 Å². The van der Waals surface area contributed by atoms with Crippen LogP contribution in [0.5, 0.6) is 5.75 Å². The number of carbonyl (C=O) groups excluding carboxylic acids is 1. The van der Waals surface area contributed by atoms with Crippen LogP contribution < -0.4 is 15.4 Å². The molecule has 0 aliphatic heterocycles. The molecule has 0 atom stereocenters. The Morgan fingerprint density at radius 1 is 1.12 bits per heavy atom. The molecule has 0 bridgehead atoms. The van der Waals surface area contributed by atoms with Crippen LogP contribution in [0.15, 0.2) is 48.5 Å². The molecule has 0 saturated heterocycles. The Bertz CT molecular complexity index is 657. The third-order valence-electron chi connectivity index (χ3n) is 3.38. The lowest BCUT2D eigenvalue weighted by Crippen LogP contribution is -2.21. The number of hydrogen-bond donors (Lipinski definition) is 2. The van der Waals surface area contributed by atoms with Gasteiger partial charge in [0, 0.05) is 16.4 Å². The molecule has 4 nitrogen and oxygen atoms in total. The van der Waals surface area contributed by atoms with Crippen molar-refractivity contribution in [2.24, 2.45) is 5.92 Å². The van der Waals surface area contributed by atoms with E-state index in [2.05, 4.69) is 24.5 Å². The number of ether oxygens (including phenoxy) is 1. The Hall–Kier alpha value is -2.20. The number of carbonyl (C=O) groups is 1. The van der Waals surface area contributed by atoms with Crippen molar-refractivity contribution in [2.75, 3.05) is 23.8 Å². The number of nitrogens with one attached hydrogen (secondary N) is 2. The molecule has 0 spiro atoms. The lowest BCUT2D eigenvalue weighted by atomic mass is 10.1. The van der Waals surface area contributed by atoms with Crippen LogP contribution in [0.25, 0.3) is 0 Å².